The monoisotopic (exact) mass is 303 g/mol. The van der Waals surface area contributed by atoms with E-state index in [2.05, 4.69) is 25.4 Å². The van der Waals surface area contributed by atoms with Gasteiger partial charge in [0.2, 0.25) is 5.91 Å². The van der Waals surface area contributed by atoms with Crippen molar-refractivity contribution in [1.82, 2.24) is 25.4 Å². The third-order valence-corrected chi connectivity index (χ3v) is 5.71. The van der Waals surface area contributed by atoms with E-state index in [4.69, 9.17) is 0 Å². The number of hydrogen-bond donors (Lipinski definition) is 2. The Morgan fingerprint density at radius 2 is 2.14 bits per heavy atom. The van der Waals surface area contributed by atoms with E-state index in [1.165, 1.54) is 19.3 Å². The van der Waals surface area contributed by atoms with Crippen LogP contribution in [0.15, 0.2) is 0 Å². The number of carbonyl (C=O) groups excluding carboxylic acids is 1. The highest BCUT2D eigenvalue weighted by molar-refractivity contribution is 5.82. The first-order valence-corrected chi connectivity index (χ1v) is 8.68. The maximum absolute atomic E-state index is 12.4. The molecule has 1 aliphatic carbocycles. The fourth-order valence-corrected chi connectivity index (χ4v) is 4.16. The number of nitrogens with one attached hydrogen (secondary N) is 2. The van der Waals surface area contributed by atoms with Gasteiger partial charge in [-0.05, 0) is 50.6 Å². The van der Waals surface area contributed by atoms with Crippen LogP contribution in [0.2, 0.25) is 0 Å². The molecule has 1 atom stereocenters. The molecular formula is C16H25N5O. The lowest BCUT2D eigenvalue weighted by Crippen LogP contribution is -2.33. The summed E-state index contributed by atoms with van der Waals surface area (Å²) in [5.74, 6) is 2.45. The van der Waals surface area contributed by atoms with Crippen LogP contribution in [-0.4, -0.2) is 33.8 Å². The molecule has 1 aromatic rings. The van der Waals surface area contributed by atoms with Crippen LogP contribution in [0.5, 0.6) is 0 Å². The highest BCUT2D eigenvalue weighted by Gasteiger charge is 2.57. The molecule has 6 heteroatoms. The van der Waals surface area contributed by atoms with Crippen LogP contribution < -0.4 is 10.6 Å². The molecule has 0 bridgehead atoms. The molecule has 1 saturated heterocycles. The molecule has 1 amide bonds. The van der Waals surface area contributed by atoms with Crippen molar-refractivity contribution in [3.63, 3.8) is 0 Å². The molecular weight excluding hydrogens is 278 g/mol. The van der Waals surface area contributed by atoms with E-state index in [1.807, 2.05) is 0 Å². The number of piperidine rings is 1. The van der Waals surface area contributed by atoms with E-state index in [0.29, 0.717) is 12.0 Å². The summed E-state index contributed by atoms with van der Waals surface area (Å²) in [6.07, 6.45) is 8.01. The second-order valence-corrected chi connectivity index (χ2v) is 7.08. The normalized spacial score (nSPS) is 26.3. The maximum atomic E-state index is 12.4. The maximum Gasteiger partial charge on any atom is 0.224 e. The Morgan fingerprint density at radius 3 is 3.00 bits per heavy atom. The van der Waals surface area contributed by atoms with Crippen LogP contribution in [0.25, 0.3) is 0 Å². The molecule has 1 saturated carbocycles. The predicted octanol–water partition coefficient (Wildman–Crippen LogP) is 1.01. The molecule has 1 unspecified atom stereocenters. The minimum Gasteiger partial charge on any atom is -0.349 e. The third kappa shape index (κ3) is 2.53. The van der Waals surface area contributed by atoms with Crippen LogP contribution >= 0.6 is 0 Å². The third-order valence-electron chi connectivity index (χ3n) is 5.71. The molecule has 1 spiro atoms. The lowest BCUT2D eigenvalue weighted by atomic mass is 9.92. The molecule has 3 heterocycles. The molecule has 3 aliphatic rings. The van der Waals surface area contributed by atoms with Gasteiger partial charge >= 0.3 is 0 Å². The summed E-state index contributed by atoms with van der Waals surface area (Å²) in [7, 11) is 0. The van der Waals surface area contributed by atoms with Gasteiger partial charge in [0.1, 0.15) is 5.82 Å². The zero-order chi connectivity index (χ0) is 15.0. The summed E-state index contributed by atoms with van der Waals surface area (Å²) < 4.78 is 2.21. The quantitative estimate of drug-likeness (QED) is 0.874. The van der Waals surface area contributed by atoms with Gasteiger partial charge in [-0.1, -0.05) is 6.42 Å². The molecule has 2 N–H and O–H groups in total. The van der Waals surface area contributed by atoms with Gasteiger partial charge in [-0.2, -0.15) is 0 Å². The smallest absolute Gasteiger partial charge is 0.224 e. The molecule has 2 fully saturated rings. The van der Waals surface area contributed by atoms with Crippen LogP contribution in [0.1, 0.15) is 50.2 Å². The number of fused-ring (bicyclic) bond motifs is 1. The minimum absolute atomic E-state index is 0.216. The molecule has 120 valence electrons. The molecule has 1 aromatic heterocycles. The minimum atomic E-state index is 0.216. The van der Waals surface area contributed by atoms with Crippen molar-refractivity contribution in [2.45, 2.75) is 58.0 Å². The number of nitrogens with zero attached hydrogens (tertiary/aromatic N) is 3. The molecule has 2 aliphatic heterocycles. The summed E-state index contributed by atoms with van der Waals surface area (Å²) >= 11 is 0. The van der Waals surface area contributed by atoms with Crippen LogP contribution in [0, 0.1) is 11.3 Å². The molecule has 0 radical (unpaired) electrons. The summed E-state index contributed by atoms with van der Waals surface area (Å²) in [6.45, 7) is 3.63. The number of aryl methyl sites for hydroxylation is 1. The van der Waals surface area contributed by atoms with E-state index >= 15 is 0 Å². The second-order valence-electron chi connectivity index (χ2n) is 7.08. The van der Waals surface area contributed by atoms with Crippen LogP contribution in [0.3, 0.4) is 0 Å². The number of carbonyl (C=O) groups is 1. The second kappa shape index (κ2) is 5.65. The number of hydrogen-bond acceptors (Lipinski definition) is 4. The highest BCUT2D eigenvalue weighted by atomic mass is 16.2. The Kier molecular flexibility index (Phi) is 3.64. The zero-order valence-corrected chi connectivity index (χ0v) is 13.1. The Labute approximate surface area is 131 Å². The fraction of sp³-hybridized carbons (Fsp3) is 0.812. The SMILES string of the molecule is O=C(NCc1nnc2n1CCCCC2)C1CC12CCNCC2. The Bertz CT molecular complexity index is 561. The van der Waals surface area contributed by atoms with Gasteiger partial charge in [-0.25, -0.2) is 0 Å². The van der Waals surface area contributed by atoms with Gasteiger partial charge in [0, 0.05) is 18.9 Å². The van der Waals surface area contributed by atoms with Crippen molar-refractivity contribution in [2.24, 2.45) is 11.3 Å². The van der Waals surface area contributed by atoms with Crippen molar-refractivity contribution in [3.05, 3.63) is 11.6 Å². The predicted molar refractivity (Wildman–Crippen MR) is 82.1 cm³/mol. The molecule has 6 nitrogen and oxygen atoms in total. The van der Waals surface area contributed by atoms with Gasteiger partial charge in [-0.3, -0.25) is 4.79 Å². The van der Waals surface area contributed by atoms with E-state index in [0.717, 1.165) is 57.0 Å². The Morgan fingerprint density at radius 1 is 1.27 bits per heavy atom. The Balaban J connectivity index is 1.35. The average molecular weight is 303 g/mol. The van der Waals surface area contributed by atoms with E-state index in [-0.39, 0.29) is 11.8 Å². The standard InChI is InChI=1S/C16H25N5O/c22-15(12-10-16(12)5-7-17-8-6-16)18-11-14-20-19-13-4-2-1-3-9-21(13)14/h12,17H,1-11H2,(H,18,22). The molecule has 0 aromatic carbocycles. The van der Waals surface area contributed by atoms with Crippen molar-refractivity contribution in [1.29, 1.82) is 0 Å². The van der Waals surface area contributed by atoms with Crippen molar-refractivity contribution in [2.75, 3.05) is 13.1 Å². The van der Waals surface area contributed by atoms with Gasteiger partial charge in [0.25, 0.3) is 0 Å². The highest BCUT2D eigenvalue weighted by Crippen LogP contribution is 2.58. The average Bonchev–Trinajstić information content (AvgIpc) is 3.18. The van der Waals surface area contributed by atoms with Gasteiger partial charge < -0.3 is 15.2 Å². The summed E-state index contributed by atoms with van der Waals surface area (Å²) in [5.41, 5.74) is 0.303. The number of amides is 1. The summed E-state index contributed by atoms with van der Waals surface area (Å²) in [4.78, 5) is 12.4. The number of rotatable bonds is 3. The Hall–Kier alpha value is -1.43. The zero-order valence-electron chi connectivity index (χ0n) is 13.1. The first-order chi connectivity index (χ1) is 10.8. The lowest BCUT2D eigenvalue weighted by molar-refractivity contribution is -0.123. The topological polar surface area (TPSA) is 71.8 Å². The van der Waals surface area contributed by atoms with E-state index in [1.54, 1.807) is 0 Å². The van der Waals surface area contributed by atoms with Crippen molar-refractivity contribution >= 4 is 5.91 Å². The number of aromatic nitrogens is 3. The first-order valence-electron chi connectivity index (χ1n) is 8.68. The van der Waals surface area contributed by atoms with Crippen LogP contribution in [0.4, 0.5) is 0 Å². The first kappa shape index (κ1) is 14.2. The van der Waals surface area contributed by atoms with Crippen LogP contribution in [-0.2, 0) is 24.3 Å². The summed E-state index contributed by atoms with van der Waals surface area (Å²) in [6, 6.07) is 0. The van der Waals surface area contributed by atoms with Crippen molar-refractivity contribution in [3.8, 4) is 0 Å². The molecule has 4 rings (SSSR count). The lowest BCUT2D eigenvalue weighted by Gasteiger charge is -2.23. The summed E-state index contributed by atoms with van der Waals surface area (Å²) in [5, 5.41) is 15.1. The van der Waals surface area contributed by atoms with Gasteiger partial charge in [0.15, 0.2) is 5.82 Å². The largest absolute Gasteiger partial charge is 0.349 e. The van der Waals surface area contributed by atoms with Crippen molar-refractivity contribution < 1.29 is 4.79 Å². The van der Waals surface area contributed by atoms with E-state index < -0.39 is 0 Å². The van der Waals surface area contributed by atoms with Gasteiger partial charge in [-0.15, -0.1) is 10.2 Å². The van der Waals surface area contributed by atoms with E-state index in [9.17, 15) is 4.79 Å². The van der Waals surface area contributed by atoms with Gasteiger partial charge in [0.05, 0.1) is 6.54 Å². The molecule has 22 heavy (non-hydrogen) atoms. The fourth-order valence-electron chi connectivity index (χ4n) is 4.16.